The van der Waals surface area contributed by atoms with Gasteiger partial charge in [0.2, 0.25) is 11.7 Å². The Morgan fingerprint density at radius 3 is 2.47 bits per heavy atom. The molecule has 1 saturated heterocycles. The van der Waals surface area contributed by atoms with Crippen LogP contribution in [0.15, 0.2) is 63.9 Å². The topological polar surface area (TPSA) is 93.7 Å². The van der Waals surface area contributed by atoms with Crippen molar-refractivity contribution in [3.63, 3.8) is 0 Å². The monoisotopic (exact) mass is 533 g/mol. The van der Waals surface area contributed by atoms with Crippen LogP contribution in [0.5, 0.6) is 5.75 Å². The second kappa shape index (κ2) is 10.7. The molecule has 1 amide bonds. The summed E-state index contributed by atoms with van der Waals surface area (Å²) in [5, 5.41) is 4.64. The van der Waals surface area contributed by atoms with Crippen LogP contribution in [0.1, 0.15) is 11.3 Å². The molecular weight excluding hydrogens is 506 g/mol. The summed E-state index contributed by atoms with van der Waals surface area (Å²) in [5.74, 6) is 1.16. The van der Waals surface area contributed by atoms with Gasteiger partial charge in [-0.25, -0.2) is 0 Å². The molecule has 4 aromatic rings. The number of carbonyl (C=O) groups excluding carboxylic acids is 1. The molecule has 0 N–H and O–H groups in total. The number of nitrogens with zero attached hydrogens (tertiary/aromatic N) is 5. The third-order valence-corrected chi connectivity index (χ3v) is 7.05. The number of amides is 1. The van der Waals surface area contributed by atoms with Crippen molar-refractivity contribution in [1.29, 1.82) is 0 Å². The van der Waals surface area contributed by atoms with Crippen LogP contribution < -0.4 is 15.2 Å². The second-order valence-corrected chi connectivity index (χ2v) is 9.64. The first kappa shape index (κ1) is 25.5. The molecule has 0 saturated carbocycles. The molecule has 38 heavy (non-hydrogen) atoms. The van der Waals surface area contributed by atoms with Crippen LogP contribution in [0, 0.1) is 13.8 Å². The number of halogens is 1. The second-order valence-electron chi connectivity index (χ2n) is 9.20. The van der Waals surface area contributed by atoms with Crippen molar-refractivity contribution in [1.82, 2.24) is 19.6 Å². The maximum Gasteiger partial charge on any atom is 0.264 e. The molecule has 0 atom stereocenters. The minimum absolute atomic E-state index is 0.0647. The lowest BCUT2D eigenvalue weighted by atomic mass is 10.1. The van der Waals surface area contributed by atoms with Crippen LogP contribution >= 0.6 is 11.6 Å². The van der Waals surface area contributed by atoms with Gasteiger partial charge in [-0.2, -0.15) is 4.98 Å². The lowest BCUT2D eigenvalue weighted by Gasteiger charge is -2.36. The fourth-order valence-electron chi connectivity index (χ4n) is 4.75. The summed E-state index contributed by atoms with van der Waals surface area (Å²) in [6.07, 6.45) is 0. The number of para-hydroxylation sites is 2. The van der Waals surface area contributed by atoms with Crippen molar-refractivity contribution in [3.8, 4) is 28.6 Å². The summed E-state index contributed by atoms with van der Waals surface area (Å²) in [4.78, 5) is 35.2. The number of pyridine rings is 1. The normalized spacial score (nSPS) is 13.6. The first-order valence-electron chi connectivity index (χ1n) is 12.3. The van der Waals surface area contributed by atoms with Gasteiger partial charge in [0.05, 0.1) is 12.8 Å². The van der Waals surface area contributed by atoms with E-state index in [-0.39, 0.29) is 29.5 Å². The molecule has 10 heteroatoms. The van der Waals surface area contributed by atoms with E-state index in [1.807, 2.05) is 44.2 Å². The van der Waals surface area contributed by atoms with E-state index in [1.54, 1.807) is 36.3 Å². The van der Waals surface area contributed by atoms with E-state index in [0.29, 0.717) is 48.3 Å². The maximum atomic E-state index is 13.6. The molecule has 1 aliphatic heterocycles. The first-order chi connectivity index (χ1) is 18.4. The number of hydrogen-bond acceptors (Lipinski definition) is 7. The molecule has 0 bridgehead atoms. The van der Waals surface area contributed by atoms with Crippen molar-refractivity contribution in [2.75, 3.05) is 38.2 Å². The maximum absolute atomic E-state index is 13.6. The van der Waals surface area contributed by atoms with Crippen LogP contribution in [0.4, 0.5) is 5.69 Å². The Morgan fingerprint density at radius 1 is 1.05 bits per heavy atom. The van der Waals surface area contributed by atoms with Crippen molar-refractivity contribution in [2.45, 2.75) is 20.4 Å². The summed E-state index contributed by atoms with van der Waals surface area (Å²) in [7, 11) is 1.65. The largest absolute Gasteiger partial charge is 0.495 e. The summed E-state index contributed by atoms with van der Waals surface area (Å²) in [5.41, 5.74) is 3.07. The predicted molar refractivity (Wildman–Crippen MR) is 146 cm³/mol. The molecule has 196 valence electrons. The molecule has 0 aliphatic carbocycles. The number of benzene rings is 2. The van der Waals surface area contributed by atoms with Crippen LogP contribution in [0.2, 0.25) is 5.02 Å². The highest BCUT2D eigenvalue weighted by molar-refractivity contribution is 6.30. The van der Waals surface area contributed by atoms with Gasteiger partial charge in [-0.1, -0.05) is 28.9 Å². The Labute approximate surface area is 225 Å². The van der Waals surface area contributed by atoms with Gasteiger partial charge in [0, 0.05) is 42.5 Å². The number of ether oxygens (including phenoxy) is 1. The standard InChI is InChI=1S/C28H28ClN5O4/c1-18-16-19(2)34(28(36)25(18)27-30-26(31-38-27)20-8-10-21(29)11-9-20)17-24(35)33-14-12-32(13-15-33)22-6-4-5-7-23(22)37-3/h4-11,16H,12-15,17H2,1-3H3. The third kappa shape index (κ3) is 5.02. The van der Waals surface area contributed by atoms with E-state index in [4.69, 9.17) is 20.9 Å². The quantitative estimate of drug-likeness (QED) is 0.367. The minimum atomic E-state index is -0.338. The number of hydrogen-bond donors (Lipinski definition) is 0. The summed E-state index contributed by atoms with van der Waals surface area (Å²) < 4.78 is 12.4. The highest BCUT2D eigenvalue weighted by Gasteiger charge is 2.25. The average Bonchev–Trinajstić information content (AvgIpc) is 3.41. The van der Waals surface area contributed by atoms with Gasteiger partial charge in [0.25, 0.3) is 11.4 Å². The van der Waals surface area contributed by atoms with E-state index in [9.17, 15) is 9.59 Å². The zero-order valence-corrected chi connectivity index (χ0v) is 22.2. The molecule has 1 aliphatic rings. The zero-order chi connectivity index (χ0) is 26.8. The Kier molecular flexibility index (Phi) is 7.20. The minimum Gasteiger partial charge on any atom is -0.495 e. The Hall–Kier alpha value is -4.11. The van der Waals surface area contributed by atoms with E-state index < -0.39 is 0 Å². The lowest BCUT2D eigenvalue weighted by Crippen LogP contribution is -2.50. The molecule has 9 nitrogen and oxygen atoms in total. The third-order valence-electron chi connectivity index (χ3n) is 6.80. The molecular formula is C28H28ClN5O4. The van der Waals surface area contributed by atoms with Gasteiger partial charge in [-0.3, -0.25) is 9.59 Å². The van der Waals surface area contributed by atoms with Crippen LogP contribution in [0.25, 0.3) is 22.8 Å². The molecule has 2 aromatic heterocycles. The Balaban J connectivity index is 1.33. The summed E-state index contributed by atoms with van der Waals surface area (Å²) >= 11 is 5.97. The van der Waals surface area contributed by atoms with Crippen LogP contribution in [-0.2, 0) is 11.3 Å². The SMILES string of the molecule is COc1ccccc1N1CCN(C(=O)Cn2c(C)cc(C)c(-c3nc(-c4ccc(Cl)cc4)no3)c2=O)CC1. The number of aryl methyl sites for hydroxylation is 2. The number of aromatic nitrogens is 3. The van der Waals surface area contributed by atoms with Crippen LogP contribution in [0.3, 0.4) is 0 Å². The molecule has 5 rings (SSSR count). The van der Waals surface area contributed by atoms with Crippen LogP contribution in [-0.4, -0.2) is 58.8 Å². The molecule has 3 heterocycles. The van der Waals surface area contributed by atoms with Gasteiger partial charge < -0.3 is 23.6 Å². The van der Waals surface area contributed by atoms with E-state index in [1.165, 1.54) is 4.57 Å². The van der Waals surface area contributed by atoms with Gasteiger partial charge >= 0.3 is 0 Å². The highest BCUT2D eigenvalue weighted by atomic mass is 35.5. The predicted octanol–water partition coefficient (Wildman–Crippen LogP) is 4.19. The van der Waals surface area contributed by atoms with Crippen molar-refractivity contribution in [3.05, 3.63) is 81.2 Å². The first-order valence-corrected chi connectivity index (χ1v) is 12.7. The average molecular weight is 534 g/mol. The molecule has 1 fully saturated rings. The number of rotatable bonds is 6. The molecule has 0 unspecified atom stereocenters. The number of methoxy groups -OCH3 is 1. The molecule has 0 radical (unpaired) electrons. The number of carbonyl (C=O) groups is 1. The van der Waals surface area contributed by atoms with Gasteiger partial charge in [0.15, 0.2) is 0 Å². The number of piperazine rings is 1. The lowest BCUT2D eigenvalue weighted by molar-refractivity contribution is -0.132. The van der Waals surface area contributed by atoms with Crippen molar-refractivity contribution >= 4 is 23.2 Å². The van der Waals surface area contributed by atoms with Crippen molar-refractivity contribution < 1.29 is 14.1 Å². The van der Waals surface area contributed by atoms with Gasteiger partial charge in [-0.15, -0.1) is 0 Å². The van der Waals surface area contributed by atoms with E-state index in [0.717, 1.165) is 17.0 Å². The molecule has 0 spiro atoms. The summed E-state index contributed by atoms with van der Waals surface area (Å²) in [6.45, 7) is 6.03. The highest BCUT2D eigenvalue weighted by Crippen LogP contribution is 2.28. The Morgan fingerprint density at radius 2 is 1.76 bits per heavy atom. The zero-order valence-electron chi connectivity index (χ0n) is 21.5. The van der Waals surface area contributed by atoms with Gasteiger partial charge in [0.1, 0.15) is 17.9 Å². The summed E-state index contributed by atoms with van der Waals surface area (Å²) in [6, 6.07) is 16.7. The molecule has 2 aromatic carbocycles. The van der Waals surface area contributed by atoms with E-state index >= 15 is 0 Å². The van der Waals surface area contributed by atoms with Gasteiger partial charge in [-0.05, 0) is 61.9 Å². The van der Waals surface area contributed by atoms with Crippen molar-refractivity contribution in [2.24, 2.45) is 0 Å². The number of anilines is 1. The smallest absolute Gasteiger partial charge is 0.264 e. The fourth-order valence-corrected chi connectivity index (χ4v) is 4.87. The Bertz CT molecular complexity index is 1520. The fraction of sp³-hybridized carbons (Fsp3) is 0.286. The van der Waals surface area contributed by atoms with E-state index in [2.05, 4.69) is 15.0 Å².